The number of thiazole rings is 1. The average Bonchev–Trinajstić information content (AvgIpc) is 2.96. The Bertz CT molecular complexity index is 843. The number of aromatic nitrogens is 1. The van der Waals surface area contributed by atoms with Gasteiger partial charge in [-0.15, -0.1) is 0 Å². The van der Waals surface area contributed by atoms with Crippen LogP contribution in [0.1, 0.15) is 44.7 Å². The molecule has 1 fully saturated rings. The predicted octanol–water partition coefficient (Wildman–Crippen LogP) is 4.14. The van der Waals surface area contributed by atoms with Crippen LogP contribution in [0.5, 0.6) is 0 Å². The van der Waals surface area contributed by atoms with E-state index in [4.69, 9.17) is 0 Å². The molecule has 140 valence electrons. The summed E-state index contributed by atoms with van der Waals surface area (Å²) in [6.07, 6.45) is 1.41. The Balaban J connectivity index is 1.63. The highest BCUT2D eigenvalue weighted by Crippen LogP contribution is 2.30. The van der Waals surface area contributed by atoms with E-state index < -0.39 is 0 Å². The standard InChI is InChI=1S/C20H27N3O2S/c1-12-10-13(2)16-15(11-12)26-19(21-16)22-17(24)14-6-8-23(9-7-14)18(25)20(3,4)5/h10-11,14H,6-9H2,1-5H3,(H,21,22,24). The number of amides is 2. The van der Waals surface area contributed by atoms with Crippen molar-refractivity contribution in [1.82, 2.24) is 9.88 Å². The van der Waals surface area contributed by atoms with Gasteiger partial charge in [-0.2, -0.15) is 0 Å². The van der Waals surface area contributed by atoms with Gasteiger partial charge in [0, 0.05) is 24.4 Å². The van der Waals surface area contributed by atoms with E-state index in [2.05, 4.69) is 29.4 Å². The van der Waals surface area contributed by atoms with Crippen molar-refractivity contribution in [2.75, 3.05) is 18.4 Å². The Morgan fingerprint density at radius 3 is 2.46 bits per heavy atom. The Morgan fingerprint density at radius 1 is 1.19 bits per heavy atom. The van der Waals surface area contributed by atoms with Crippen molar-refractivity contribution in [3.8, 4) is 0 Å². The third kappa shape index (κ3) is 3.90. The van der Waals surface area contributed by atoms with E-state index in [1.165, 1.54) is 16.9 Å². The number of hydrogen-bond acceptors (Lipinski definition) is 4. The van der Waals surface area contributed by atoms with Gasteiger partial charge in [0.15, 0.2) is 5.13 Å². The monoisotopic (exact) mass is 373 g/mol. The third-order valence-corrected chi connectivity index (χ3v) is 5.77. The smallest absolute Gasteiger partial charge is 0.229 e. The molecule has 0 spiro atoms. The molecule has 0 unspecified atom stereocenters. The van der Waals surface area contributed by atoms with Crippen LogP contribution in [0.3, 0.4) is 0 Å². The van der Waals surface area contributed by atoms with Gasteiger partial charge >= 0.3 is 0 Å². The summed E-state index contributed by atoms with van der Waals surface area (Å²) in [7, 11) is 0. The SMILES string of the molecule is Cc1cc(C)c2nc(NC(=O)C3CCN(C(=O)C(C)(C)C)CC3)sc2c1. The molecule has 5 nitrogen and oxygen atoms in total. The topological polar surface area (TPSA) is 62.3 Å². The lowest BCUT2D eigenvalue weighted by atomic mass is 9.91. The molecule has 6 heteroatoms. The molecule has 1 aliphatic heterocycles. The Morgan fingerprint density at radius 2 is 1.85 bits per heavy atom. The second-order valence-corrected chi connectivity index (χ2v) is 9.28. The molecule has 0 aliphatic carbocycles. The summed E-state index contributed by atoms with van der Waals surface area (Å²) < 4.78 is 1.10. The second-order valence-electron chi connectivity index (χ2n) is 8.25. The van der Waals surface area contributed by atoms with Crippen LogP contribution in [-0.4, -0.2) is 34.8 Å². The van der Waals surface area contributed by atoms with Crippen LogP contribution in [0.4, 0.5) is 5.13 Å². The van der Waals surface area contributed by atoms with Gasteiger partial charge < -0.3 is 10.2 Å². The molecule has 2 heterocycles. The number of carbonyl (C=O) groups excluding carboxylic acids is 2. The number of fused-ring (bicyclic) bond motifs is 1. The number of nitrogens with zero attached hydrogens (tertiary/aromatic N) is 2. The maximum atomic E-state index is 12.6. The Labute approximate surface area is 158 Å². The molecule has 2 amide bonds. The second kappa shape index (κ2) is 6.99. The lowest BCUT2D eigenvalue weighted by molar-refractivity contribution is -0.142. The summed E-state index contributed by atoms with van der Waals surface area (Å²) in [6.45, 7) is 11.2. The largest absolute Gasteiger partial charge is 0.342 e. The van der Waals surface area contributed by atoms with Gasteiger partial charge in [-0.25, -0.2) is 4.98 Å². The maximum Gasteiger partial charge on any atom is 0.229 e. The van der Waals surface area contributed by atoms with Crippen molar-refractivity contribution < 1.29 is 9.59 Å². The molecule has 1 aromatic carbocycles. The fourth-order valence-electron chi connectivity index (χ4n) is 3.45. The van der Waals surface area contributed by atoms with E-state index >= 15 is 0 Å². The number of hydrogen-bond donors (Lipinski definition) is 1. The van der Waals surface area contributed by atoms with Gasteiger partial charge in [-0.05, 0) is 43.9 Å². The van der Waals surface area contributed by atoms with E-state index in [-0.39, 0.29) is 23.1 Å². The van der Waals surface area contributed by atoms with Gasteiger partial charge in [-0.1, -0.05) is 38.2 Å². The third-order valence-electron chi connectivity index (χ3n) is 4.85. The van der Waals surface area contributed by atoms with Crippen LogP contribution in [-0.2, 0) is 9.59 Å². The van der Waals surface area contributed by atoms with Crippen LogP contribution in [0.15, 0.2) is 12.1 Å². The number of likely N-dealkylation sites (tertiary alicyclic amines) is 1. The number of nitrogens with one attached hydrogen (secondary N) is 1. The molecule has 2 aromatic rings. The Kier molecular flexibility index (Phi) is 5.06. The van der Waals surface area contributed by atoms with E-state index in [9.17, 15) is 9.59 Å². The Hall–Kier alpha value is -1.95. The fraction of sp³-hybridized carbons (Fsp3) is 0.550. The molecular formula is C20H27N3O2S. The summed E-state index contributed by atoms with van der Waals surface area (Å²) >= 11 is 1.52. The molecule has 26 heavy (non-hydrogen) atoms. The number of carbonyl (C=O) groups is 2. The van der Waals surface area contributed by atoms with Gasteiger partial charge in [0.05, 0.1) is 10.2 Å². The molecule has 0 bridgehead atoms. The van der Waals surface area contributed by atoms with Crippen molar-refractivity contribution in [2.24, 2.45) is 11.3 Å². The molecule has 0 radical (unpaired) electrons. The number of aryl methyl sites for hydroxylation is 2. The van der Waals surface area contributed by atoms with Crippen LogP contribution in [0.2, 0.25) is 0 Å². The average molecular weight is 374 g/mol. The highest BCUT2D eigenvalue weighted by atomic mass is 32.1. The molecule has 0 atom stereocenters. The summed E-state index contributed by atoms with van der Waals surface area (Å²) in [5, 5.41) is 3.65. The highest BCUT2D eigenvalue weighted by molar-refractivity contribution is 7.22. The highest BCUT2D eigenvalue weighted by Gasteiger charge is 2.32. The number of benzene rings is 1. The minimum atomic E-state index is -0.369. The van der Waals surface area contributed by atoms with Crippen molar-refractivity contribution in [2.45, 2.75) is 47.5 Å². The first-order valence-corrected chi connectivity index (χ1v) is 9.95. The van der Waals surface area contributed by atoms with Crippen molar-refractivity contribution >= 4 is 38.5 Å². The summed E-state index contributed by atoms with van der Waals surface area (Å²) in [6, 6.07) is 4.21. The lowest BCUT2D eigenvalue weighted by Gasteiger charge is -2.35. The van der Waals surface area contributed by atoms with Crippen LogP contribution in [0, 0.1) is 25.2 Å². The molecular weight excluding hydrogens is 346 g/mol. The van der Waals surface area contributed by atoms with Gasteiger partial charge in [0.25, 0.3) is 0 Å². The first-order chi connectivity index (χ1) is 12.1. The number of anilines is 1. The number of piperidine rings is 1. The number of rotatable bonds is 2. The normalized spacial score (nSPS) is 16.1. The summed E-state index contributed by atoms with van der Waals surface area (Å²) in [5.41, 5.74) is 2.92. The fourth-order valence-corrected chi connectivity index (χ4v) is 4.50. The first kappa shape index (κ1) is 18.8. The zero-order valence-electron chi connectivity index (χ0n) is 16.2. The van der Waals surface area contributed by atoms with Crippen molar-refractivity contribution in [3.63, 3.8) is 0 Å². The molecule has 1 saturated heterocycles. The lowest BCUT2D eigenvalue weighted by Crippen LogP contribution is -2.45. The summed E-state index contributed by atoms with van der Waals surface area (Å²) in [5.74, 6) is 0.114. The van der Waals surface area contributed by atoms with Crippen LogP contribution in [0.25, 0.3) is 10.2 Å². The molecule has 1 aliphatic rings. The molecule has 1 N–H and O–H groups in total. The van der Waals surface area contributed by atoms with E-state index in [1.807, 2.05) is 32.6 Å². The summed E-state index contributed by atoms with van der Waals surface area (Å²) in [4.78, 5) is 31.5. The molecule has 3 rings (SSSR count). The van der Waals surface area contributed by atoms with Crippen molar-refractivity contribution in [3.05, 3.63) is 23.3 Å². The quantitative estimate of drug-likeness (QED) is 0.861. The van der Waals surface area contributed by atoms with Crippen LogP contribution >= 0.6 is 11.3 Å². The van der Waals surface area contributed by atoms with E-state index in [0.29, 0.717) is 31.1 Å². The minimum absolute atomic E-state index is 0.0151. The van der Waals surface area contributed by atoms with Crippen molar-refractivity contribution in [1.29, 1.82) is 0 Å². The van der Waals surface area contributed by atoms with E-state index in [0.717, 1.165) is 15.8 Å². The first-order valence-electron chi connectivity index (χ1n) is 9.13. The van der Waals surface area contributed by atoms with E-state index in [1.54, 1.807) is 0 Å². The zero-order valence-corrected chi connectivity index (χ0v) is 17.0. The van der Waals surface area contributed by atoms with Gasteiger partial charge in [0.1, 0.15) is 0 Å². The molecule has 1 aromatic heterocycles. The zero-order chi connectivity index (χ0) is 19.1. The van der Waals surface area contributed by atoms with Crippen LogP contribution < -0.4 is 5.32 Å². The maximum absolute atomic E-state index is 12.6. The molecule has 0 saturated carbocycles. The minimum Gasteiger partial charge on any atom is -0.342 e. The van der Waals surface area contributed by atoms with Gasteiger partial charge in [-0.3, -0.25) is 9.59 Å². The van der Waals surface area contributed by atoms with Gasteiger partial charge in [0.2, 0.25) is 11.8 Å². The predicted molar refractivity (Wildman–Crippen MR) is 106 cm³/mol.